The molecule has 0 aromatic heterocycles. The minimum Gasteiger partial charge on any atom is -0.507 e. The van der Waals surface area contributed by atoms with Gasteiger partial charge in [0.2, 0.25) is 0 Å². The summed E-state index contributed by atoms with van der Waals surface area (Å²) in [4.78, 5) is 0. The van der Waals surface area contributed by atoms with Crippen molar-refractivity contribution in [3.05, 3.63) is 23.8 Å². The number of phenols is 1. The van der Waals surface area contributed by atoms with Crippen LogP contribution in [-0.2, 0) is 9.47 Å². The highest BCUT2D eigenvalue weighted by molar-refractivity contribution is 5.40. The van der Waals surface area contributed by atoms with Gasteiger partial charge in [0, 0.05) is 5.41 Å². The average molecular weight is 238 g/mol. The molecule has 1 aliphatic heterocycles. The molecular weight excluding hydrogens is 220 g/mol. The van der Waals surface area contributed by atoms with Crippen molar-refractivity contribution in [3.63, 3.8) is 0 Å². The molecule has 1 aromatic carbocycles. The Labute approximate surface area is 101 Å². The lowest BCUT2D eigenvalue weighted by atomic mass is 9.95. The van der Waals surface area contributed by atoms with Crippen LogP contribution in [0.25, 0.3) is 0 Å². The highest BCUT2D eigenvalue weighted by atomic mass is 16.7. The van der Waals surface area contributed by atoms with Gasteiger partial charge in [-0.25, -0.2) is 0 Å². The summed E-state index contributed by atoms with van der Waals surface area (Å²) in [6, 6.07) is 5.02. The van der Waals surface area contributed by atoms with E-state index in [2.05, 4.69) is 13.8 Å². The van der Waals surface area contributed by atoms with Crippen LogP contribution in [0.4, 0.5) is 0 Å². The fourth-order valence-electron chi connectivity index (χ4n) is 1.72. The predicted octanol–water partition coefficient (Wildman–Crippen LogP) is 2.47. The lowest BCUT2D eigenvalue weighted by molar-refractivity contribution is -0.226. The summed E-state index contributed by atoms with van der Waals surface area (Å²) in [5, 5.41) is 9.80. The fraction of sp³-hybridized carbons (Fsp3) is 0.538. The molecule has 0 unspecified atom stereocenters. The van der Waals surface area contributed by atoms with Crippen molar-refractivity contribution in [1.29, 1.82) is 0 Å². The molecular formula is C13H18O4. The van der Waals surface area contributed by atoms with E-state index in [4.69, 9.17) is 14.2 Å². The van der Waals surface area contributed by atoms with E-state index in [1.165, 1.54) is 0 Å². The number of benzene rings is 1. The summed E-state index contributed by atoms with van der Waals surface area (Å²) in [6.07, 6.45) is -0.516. The van der Waals surface area contributed by atoms with Gasteiger partial charge in [-0.3, -0.25) is 0 Å². The van der Waals surface area contributed by atoms with Gasteiger partial charge in [0.05, 0.1) is 25.9 Å². The quantitative estimate of drug-likeness (QED) is 0.859. The summed E-state index contributed by atoms with van der Waals surface area (Å²) >= 11 is 0. The molecule has 2 rings (SSSR count). The number of aromatic hydroxyl groups is 1. The second-order valence-electron chi connectivity index (χ2n) is 5.04. The first-order valence-electron chi connectivity index (χ1n) is 5.62. The van der Waals surface area contributed by atoms with Gasteiger partial charge in [-0.15, -0.1) is 0 Å². The molecule has 0 radical (unpaired) electrons. The SMILES string of the molecule is COc1ccc(O)c(C2OCC(C)(C)CO2)c1. The Morgan fingerprint density at radius 1 is 1.29 bits per heavy atom. The third-order valence-electron chi connectivity index (χ3n) is 2.74. The summed E-state index contributed by atoms with van der Waals surface area (Å²) in [6.45, 7) is 5.37. The highest BCUT2D eigenvalue weighted by Crippen LogP contribution is 2.36. The lowest BCUT2D eigenvalue weighted by Gasteiger charge is -2.34. The smallest absolute Gasteiger partial charge is 0.187 e. The molecule has 17 heavy (non-hydrogen) atoms. The highest BCUT2D eigenvalue weighted by Gasteiger charge is 2.30. The number of phenolic OH excluding ortho intramolecular Hbond substituents is 1. The predicted molar refractivity (Wildman–Crippen MR) is 63.1 cm³/mol. The van der Waals surface area contributed by atoms with Crippen LogP contribution in [0.2, 0.25) is 0 Å². The van der Waals surface area contributed by atoms with E-state index in [9.17, 15) is 5.11 Å². The van der Waals surface area contributed by atoms with Crippen molar-refractivity contribution in [2.45, 2.75) is 20.1 Å². The van der Waals surface area contributed by atoms with E-state index in [0.29, 0.717) is 24.5 Å². The summed E-state index contributed by atoms with van der Waals surface area (Å²) < 4.78 is 16.4. The van der Waals surface area contributed by atoms with E-state index in [1.54, 1.807) is 25.3 Å². The van der Waals surface area contributed by atoms with Crippen LogP contribution in [0.1, 0.15) is 25.7 Å². The first-order chi connectivity index (χ1) is 8.02. The van der Waals surface area contributed by atoms with E-state index in [-0.39, 0.29) is 11.2 Å². The van der Waals surface area contributed by atoms with Crippen LogP contribution in [0.5, 0.6) is 11.5 Å². The zero-order chi connectivity index (χ0) is 12.5. The van der Waals surface area contributed by atoms with E-state index in [1.807, 2.05) is 0 Å². The van der Waals surface area contributed by atoms with Crippen LogP contribution in [0, 0.1) is 5.41 Å². The van der Waals surface area contributed by atoms with E-state index in [0.717, 1.165) is 0 Å². The first kappa shape index (κ1) is 12.2. The molecule has 0 atom stereocenters. The molecule has 0 aliphatic carbocycles. The van der Waals surface area contributed by atoms with Gasteiger partial charge in [0.25, 0.3) is 0 Å². The van der Waals surface area contributed by atoms with Gasteiger partial charge in [-0.05, 0) is 18.2 Å². The maximum atomic E-state index is 9.80. The largest absolute Gasteiger partial charge is 0.507 e. The van der Waals surface area contributed by atoms with Crippen LogP contribution in [0.3, 0.4) is 0 Å². The summed E-state index contributed by atoms with van der Waals surface area (Å²) in [7, 11) is 1.59. The molecule has 1 fully saturated rings. The Balaban J connectivity index is 2.17. The van der Waals surface area contributed by atoms with Gasteiger partial charge in [-0.2, -0.15) is 0 Å². The van der Waals surface area contributed by atoms with Crippen molar-refractivity contribution < 1.29 is 19.3 Å². The average Bonchev–Trinajstić information content (AvgIpc) is 2.30. The normalized spacial score (nSPS) is 20.2. The second kappa shape index (κ2) is 4.55. The summed E-state index contributed by atoms with van der Waals surface area (Å²) in [5.41, 5.74) is 0.630. The molecule has 1 aliphatic rings. The Bertz CT molecular complexity index is 390. The van der Waals surface area contributed by atoms with E-state index >= 15 is 0 Å². The summed E-state index contributed by atoms with van der Waals surface area (Å²) in [5.74, 6) is 0.838. The van der Waals surface area contributed by atoms with Crippen molar-refractivity contribution in [2.75, 3.05) is 20.3 Å². The van der Waals surface area contributed by atoms with Crippen molar-refractivity contribution in [1.82, 2.24) is 0 Å². The zero-order valence-electron chi connectivity index (χ0n) is 10.4. The van der Waals surface area contributed by atoms with Gasteiger partial charge in [0.1, 0.15) is 11.5 Å². The van der Waals surface area contributed by atoms with Crippen LogP contribution in [0.15, 0.2) is 18.2 Å². The molecule has 4 nitrogen and oxygen atoms in total. The van der Waals surface area contributed by atoms with Crippen molar-refractivity contribution in [3.8, 4) is 11.5 Å². The number of ether oxygens (including phenoxy) is 3. The van der Waals surface area contributed by atoms with E-state index < -0.39 is 6.29 Å². The Kier molecular flexibility index (Phi) is 3.26. The maximum Gasteiger partial charge on any atom is 0.187 e. The molecule has 94 valence electrons. The Morgan fingerprint density at radius 2 is 1.94 bits per heavy atom. The molecule has 1 aromatic rings. The minimum atomic E-state index is -0.516. The third kappa shape index (κ3) is 2.70. The standard InChI is InChI=1S/C13H18O4/c1-13(2)7-16-12(17-8-13)10-6-9(15-3)4-5-11(10)14/h4-6,12,14H,7-8H2,1-3H3. The topological polar surface area (TPSA) is 47.9 Å². The molecule has 4 heteroatoms. The van der Waals surface area contributed by atoms with Crippen LogP contribution < -0.4 is 4.74 Å². The minimum absolute atomic E-state index is 0.0188. The van der Waals surface area contributed by atoms with Crippen molar-refractivity contribution >= 4 is 0 Å². The molecule has 1 heterocycles. The maximum absolute atomic E-state index is 9.80. The Morgan fingerprint density at radius 3 is 2.53 bits per heavy atom. The molecule has 0 saturated carbocycles. The fourth-order valence-corrected chi connectivity index (χ4v) is 1.72. The van der Waals surface area contributed by atoms with Gasteiger partial charge in [-0.1, -0.05) is 13.8 Å². The number of hydrogen-bond acceptors (Lipinski definition) is 4. The third-order valence-corrected chi connectivity index (χ3v) is 2.74. The molecule has 0 spiro atoms. The molecule has 1 saturated heterocycles. The lowest BCUT2D eigenvalue weighted by Crippen LogP contribution is -2.33. The van der Waals surface area contributed by atoms with Gasteiger partial charge in [0.15, 0.2) is 6.29 Å². The van der Waals surface area contributed by atoms with Gasteiger partial charge >= 0.3 is 0 Å². The molecule has 1 N–H and O–H groups in total. The van der Waals surface area contributed by atoms with Gasteiger partial charge < -0.3 is 19.3 Å². The number of hydrogen-bond donors (Lipinski definition) is 1. The monoisotopic (exact) mass is 238 g/mol. The zero-order valence-corrected chi connectivity index (χ0v) is 10.4. The van der Waals surface area contributed by atoms with Crippen LogP contribution >= 0.6 is 0 Å². The van der Waals surface area contributed by atoms with Crippen LogP contribution in [-0.4, -0.2) is 25.4 Å². The van der Waals surface area contributed by atoms with Crippen molar-refractivity contribution in [2.24, 2.45) is 5.41 Å². The number of rotatable bonds is 2. The number of methoxy groups -OCH3 is 1. The second-order valence-corrected chi connectivity index (χ2v) is 5.04. The first-order valence-corrected chi connectivity index (χ1v) is 5.62. The molecule has 0 amide bonds. The molecule has 0 bridgehead atoms. The Hall–Kier alpha value is -1.26.